The minimum Gasteiger partial charge on any atom is -0.354 e. The van der Waals surface area contributed by atoms with Gasteiger partial charge in [0.2, 0.25) is 11.8 Å². The first-order chi connectivity index (χ1) is 17.9. The summed E-state index contributed by atoms with van der Waals surface area (Å²) in [6.07, 6.45) is 0. The van der Waals surface area contributed by atoms with E-state index in [9.17, 15) is 14.4 Å². The molecule has 196 valence electrons. The van der Waals surface area contributed by atoms with E-state index in [-0.39, 0.29) is 17.7 Å². The van der Waals surface area contributed by atoms with Gasteiger partial charge >= 0.3 is 0 Å². The molecule has 4 rings (SSSR count). The van der Waals surface area contributed by atoms with E-state index in [1.165, 1.54) is 11.8 Å². The van der Waals surface area contributed by atoms with Crippen molar-refractivity contribution in [1.29, 1.82) is 0 Å². The van der Waals surface area contributed by atoms with Crippen LogP contribution in [0.2, 0.25) is 5.02 Å². The fourth-order valence-corrected chi connectivity index (χ4v) is 4.37. The van der Waals surface area contributed by atoms with Crippen molar-refractivity contribution in [2.75, 3.05) is 22.6 Å². The van der Waals surface area contributed by atoms with Gasteiger partial charge in [0.25, 0.3) is 5.91 Å². The highest BCUT2D eigenvalue weighted by Crippen LogP contribution is 2.39. The molecule has 0 radical (unpaired) electrons. The normalized spacial score (nSPS) is 13.9. The largest absolute Gasteiger partial charge is 0.354 e. The third kappa shape index (κ3) is 5.88. The number of anilines is 3. The molecule has 0 aromatic heterocycles. The molecule has 3 amide bonds. The Hall–Kier alpha value is -4.14. The average Bonchev–Trinajstić information content (AvgIpc) is 3.19. The Bertz CT molecular complexity index is 1440. The lowest BCUT2D eigenvalue weighted by Gasteiger charge is -2.26. The number of hydrogen-bond donors (Lipinski definition) is 4. The fourth-order valence-electron chi connectivity index (χ4n) is 4.20. The Morgan fingerprint density at radius 2 is 1.76 bits per heavy atom. The van der Waals surface area contributed by atoms with Crippen LogP contribution in [0.15, 0.2) is 66.7 Å². The van der Waals surface area contributed by atoms with Crippen molar-refractivity contribution in [3.63, 3.8) is 0 Å². The van der Waals surface area contributed by atoms with Gasteiger partial charge in [-0.25, -0.2) is 0 Å². The predicted molar refractivity (Wildman–Crippen MR) is 153 cm³/mol. The number of amides is 3. The summed E-state index contributed by atoms with van der Waals surface area (Å²) < 4.78 is 0. The zero-order chi connectivity index (χ0) is 27.6. The molecule has 0 unspecified atom stereocenters. The van der Waals surface area contributed by atoms with Crippen molar-refractivity contribution in [1.82, 2.24) is 5.32 Å². The van der Waals surface area contributed by atoms with Crippen LogP contribution in [-0.4, -0.2) is 30.3 Å². The van der Waals surface area contributed by atoms with Crippen LogP contribution in [-0.2, 0) is 20.9 Å². The van der Waals surface area contributed by atoms with Crippen molar-refractivity contribution < 1.29 is 14.4 Å². The first-order valence-corrected chi connectivity index (χ1v) is 12.5. The van der Waals surface area contributed by atoms with Crippen molar-refractivity contribution in [3.05, 3.63) is 88.4 Å². The van der Waals surface area contributed by atoms with Crippen LogP contribution >= 0.6 is 11.6 Å². The van der Waals surface area contributed by atoms with E-state index in [1.807, 2.05) is 54.6 Å². The summed E-state index contributed by atoms with van der Waals surface area (Å²) in [6, 6.07) is 20.2. The molecule has 8 nitrogen and oxygen atoms in total. The number of benzene rings is 3. The highest BCUT2D eigenvalue weighted by atomic mass is 35.5. The number of nitrogens with zero attached hydrogens (tertiary/aromatic N) is 1. The van der Waals surface area contributed by atoms with E-state index in [2.05, 4.69) is 16.0 Å². The monoisotopic (exact) mass is 531 g/mol. The molecular weight excluding hydrogens is 502 g/mol. The molecule has 3 aromatic carbocycles. The Morgan fingerprint density at radius 1 is 1.05 bits per heavy atom. The molecular formula is C29H30ClN5O3. The Kier molecular flexibility index (Phi) is 7.57. The molecule has 0 spiro atoms. The van der Waals surface area contributed by atoms with E-state index in [1.54, 1.807) is 33.0 Å². The highest BCUT2D eigenvalue weighted by Gasteiger charge is 2.29. The fraction of sp³-hybridized carbons (Fsp3) is 0.207. The lowest BCUT2D eigenvalue weighted by atomic mass is 9.98. The van der Waals surface area contributed by atoms with Crippen molar-refractivity contribution in [2.45, 2.75) is 32.9 Å². The average molecular weight is 532 g/mol. The third-order valence-electron chi connectivity index (χ3n) is 6.11. The Morgan fingerprint density at radius 3 is 2.42 bits per heavy atom. The maximum Gasteiger partial charge on any atom is 0.258 e. The van der Waals surface area contributed by atoms with Gasteiger partial charge in [0.1, 0.15) is 0 Å². The number of fused-ring (bicyclic) bond motifs is 1. The maximum atomic E-state index is 13.2. The van der Waals surface area contributed by atoms with Crippen molar-refractivity contribution >= 4 is 57.7 Å². The summed E-state index contributed by atoms with van der Waals surface area (Å²) in [4.78, 5) is 38.7. The second-order valence-corrected chi connectivity index (χ2v) is 10.2. The molecule has 0 saturated carbocycles. The number of carbonyl (C=O) groups excluding carboxylic acids is 3. The number of halogens is 1. The van der Waals surface area contributed by atoms with Gasteiger partial charge < -0.3 is 26.6 Å². The van der Waals surface area contributed by atoms with Crippen molar-refractivity contribution in [2.24, 2.45) is 5.73 Å². The van der Waals surface area contributed by atoms with E-state index in [4.69, 9.17) is 17.3 Å². The lowest BCUT2D eigenvalue weighted by molar-refractivity contribution is -0.122. The van der Waals surface area contributed by atoms with Gasteiger partial charge in [-0.1, -0.05) is 35.9 Å². The second kappa shape index (κ2) is 10.7. The number of rotatable bonds is 7. The molecule has 0 fully saturated rings. The Labute approximate surface area is 226 Å². The molecule has 1 aliphatic rings. The van der Waals surface area contributed by atoms with E-state index in [0.717, 1.165) is 16.7 Å². The first kappa shape index (κ1) is 26.9. The summed E-state index contributed by atoms with van der Waals surface area (Å²) >= 11 is 6.16. The van der Waals surface area contributed by atoms with Crippen molar-refractivity contribution in [3.8, 4) is 0 Å². The summed E-state index contributed by atoms with van der Waals surface area (Å²) in [7, 11) is 1.68. The lowest BCUT2D eigenvalue weighted by Crippen LogP contribution is -2.49. The number of nitrogens with two attached hydrogens (primary N) is 1. The molecule has 3 aromatic rings. The zero-order valence-corrected chi connectivity index (χ0v) is 22.4. The first-order valence-electron chi connectivity index (χ1n) is 12.1. The quantitative estimate of drug-likeness (QED) is 0.332. The summed E-state index contributed by atoms with van der Waals surface area (Å²) in [5.74, 6) is -0.603. The summed E-state index contributed by atoms with van der Waals surface area (Å²) in [6.45, 7) is 5.15. The van der Waals surface area contributed by atoms with Crippen LogP contribution in [0, 0.1) is 0 Å². The number of likely N-dealkylation sites (N-methyl/N-ethyl adjacent to an activating group) is 1. The van der Waals surface area contributed by atoms with E-state index >= 15 is 0 Å². The predicted octanol–water partition coefficient (Wildman–Crippen LogP) is 4.61. The molecule has 0 aliphatic carbocycles. The molecule has 38 heavy (non-hydrogen) atoms. The van der Waals surface area contributed by atoms with Gasteiger partial charge in [0.05, 0.1) is 22.5 Å². The number of nitrogens with one attached hydrogen (secondary N) is 3. The van der Waals surface area contributed by atoms with Crippen LogP contribution in [0.4, 0.5) is 17.1 Å². The van der Waals surface area contributed by atoms with Crippen LogP contribution in [0.1, 0.15) is 37.5 Å². The standard InChI is InChI=1S/C29H30ClN5O3/c1-17(36)32-16-18-6-5-7-19(14-18)26(25-23-13-8-20(30)15-24(23)34-27(25)37)33-21-9-11-22(12-10-21)35(4)28(38)29(2,3)31/h5-15,33H,16,31H2,1-4H3,(H,32,36)(H,34,37)/b26-25-. The third-order valence-corrected chi connectivity index (χ3v) is 6.35. The highest BCUT2D eigenvalue weighted by molar-refractivity contribution is 6.38. The molecule has 5 N–H and O–H groups in total. The topological polar surface area (TPSA) is 117 Å². The van der Waals surface area contributed by atoms with Gasteiger partial charge in [-0.3, -0.25) is 14.4 Å². The van der Waals surface area contributed by atoms with Gasteiger partial charge in [-0.05, 0) is 67.4 Å². The second-order valence-electron chi connectivity index (χ2n) is 9.76. The number of carbonyl (C=O) groups is 3. The van der Waals surface area contributed by atoms with Gasteiger partial charge in [0, 0.05) is 42.5 Å². The van der Waals surface area contributed by atoms with Gasteiger partial charge in [-0.15, -0.1) is 0 Å². The molecule has 0 atom stereocenters. The van der Waals surface area contributed by atoms with E-state index < -0.39 is 5.54 Å². The van der Waals surface area contributed by atoms with Crippen LogP contribution in [0.5, 0.6) is 0 Å². The Balaban J connectivity index is 1.76. The minimum atomic E-state index is -1.00. The van der Waals surface area contributed by atoms with Gasteiger partial charge in [-0.2, -0.15) is 0 Å². The molecule has 1 heterocycles. The van der Waals surface area contributed by atoms with E-state index in [0.29, 0.717) is 39.9 Å². The summed E-state index contributed by atoms with van der Waals surface area (Å²) in [5.41, 5.74) is 10.4. The molecule has 0 bridgehead atoms. The molecule has 1 aliphatic heterocycles. The minimum absolute atomic E-state index is 0.130. The SMILES string of the molecule is CC(=O)NCc1cccc(/C(Nc2ccc(N(C)C(=O)C(C)(C)N)cc2)=C2/C(=O)Nc3cc(Cl)ccc32)c1. The summed E-state index contributed by atoms with van der Waals surface area (Å²) in [5, 5.41) is 9.63. The van der Waals surface area contributed by atoms with Crippen LogP contribution < -0.4 is 26.6 Å². The smallest absolute Gasteiger partial charge is 0.258 e. The molecule has 0 saturated heterocycles. The maximum absolute atomic E-state index is 13.2. The zero-order valence-electron chi connectivity index (χ0n) is 21.7. The van der Waals surface area contributed by atoms with Crippen LogP contribution in [0.25, 0.3) is 11.3 Å². The molecule has 9 heteroatoms. The number of hydrogen-bond acceptors (Lipinski definition) is 5. The van der Waals surface area contributed by atoms with Gasteiger partial charge in [0.15, 0.2) is 0 Å². The van der Waals surface area contributed by atoms with Crippen LogP contribution in [0.3, 0.4) is 0 Å².